The number of aliphatic carboxylic acids is 1. The first-order valence-corrected chi connectivity index (χ1v) is 50.3. The van der Waals surface area contributed by atoms with E-state index in [0.29, 0.717) is 154 Å². The number of methoxy groups -OCH3 is 1. The quantitative estimate of drug-likeness (QED) is 0.0237. The number of aromatic amines is 1. The Hall–Kier alpha value is -7.87. The molecule has 12 aliphatic rings. The lowest BCUT2D eigenvalue weighted by atomic mass is 9.91. The molecule has 3 aromatic carbocycles. The molecule has 27 nitrogen and oxygen atoms in total. The second-order valence-corrected chi connectivity index (χ2v) is 42.4. The van der Waals surface area contributed by atoms with Gasteiger partial charge >= 0.3 is 23.9 Å². The van der Waals surface area contributed by atoms with Gasteiger partial charge in [-0.05, 0) is 199 Å². The molecule has 31 heteroatoms. The molecule has 0 radical (unpaired) electrons. The van der Waals surface area contributed by atoms with E-state index >= 15 is 0 Å². The Morgan fingerprint density at radius 1 is 0.595 bits per heavy atom. The first kappa shape index (κ1) is 99.1. The fourth-order valence-electron chi connectivity index (χ4n) is 21.0. The standard InChI is InChI=1S/C46H60ClN3O9.C34H42BrNO9S.C19H25ClN2O3.CH4/c1-28(2)18-33-23-40(36-10-11-39(42(47)43(36)48-33)57-17-14-49-12-15-56-16-13-49)58-35-24-37-38(51)26-46(45(54)55)25-32(46)9-7-5-3-4-6-8-29(44(53)50(37)27-35)22-41(52)59-34-20-30-19-31(30)21-34;1-43-33(40)34-18-24(34)8-6-4-2-3-5-7-21(16-31(38)44-26-14-22-13-23(22)15-26)32(39)36-20-27(17-29(36)30(37)19-34)45-46(41,42)28-11-9-25(35)10-12-28;1-13(2)11-14-12-16(23)15-3-4-17(18(20)19(15)21-14)25-10-7-22-5-8-24-9-6-22;/h7,9-11,23,28-32,34-35,37H,3-6,8,12-22,24-27H2,1-2H3,(H,54,55);6,8-12,21-24,26-27,29H,2-5,7,13-20H2,1H3;3-4,12-13H,5-11H2,1-2H3,(H,21,23);1H4/b9-7-;8-6-;;/t29-,30-,31+,32-,34?,35-,37+,46-;21-,22-,23+,24-,26?,27+,29+,34-;;/m11../s1. The highest BCUT2D eigenvalue weighted by atomic mass is 79.9. The summed E-state index contributed by atoms with van der Waals surface area (Å²) >= 11 is 16.9. The highest BCUT2D eigenvalue weighted by molar-refractivity contribution is 9.10. The monoisotopic (exact) mass is 1930 g/mol. The Kier molecular flexibility index (Phi) is 33.5. The average Bonchev–Trinajstić information content (AvgIpc) is 1.57. The fourth-order valence-corrected chi connectivity index (χ4v) is 22.8. The van der Waals surface area contributed by atoms with Crippen molar-refractivity contribution in [2.45, 2.75) is 243 Å². The minimum atomic E-state index is -4.20. The molecule has 0 spiro atoms. The number of carboxylic acid groups (broad SMARTS) is 1. The van der Waals surface area contributed by atoms with Crippen molar-refractivity contribution in [3.8, 4) is 17.2 Å². The van der Waals surface area contributed by atoms with Crippen LogP contribution in [0.5, 0.6) is 17.2 Å². The van der Waals surface area contributed by atoms with E-state index in [-0.39, 0.29) is 123 Å². The van der Waals surface area contributed by atoms with E-state index in [1.165, 1.54) is 37.0 Å². The van der Waals surface area contributed by atoms with Gasteiger partial charge in [0.15, 0.2) is 17.0 Å². The summed E-state index contributed by atoms with van der Waals surface area (Å²) in [6, 6.07) is 15.0. The molecule has 2 N–H and O–H groups in total. The number of esters is 3. The molecule has 10 fully saturated rings. The number of aromatic nitrogens is 2. The van der Waals surface area contributed by atoms with Crippen molar-refractivity contribution in [1.82, 2.24) is 29.6 Å². The molecule has 6 saturated carbocycles. The summed E-state index contributed by atoms with van der Waals surface area (Å²) in [6.45, 7) is 17.6. The molecule has 714 valence electrons. The van der Waals surface area contributed by atoms with Crippen LogP contribution in [0.2, 0.25) is 10.0 Å². The number of carboxylic acids is 1. The maximum absolute atomic E-state index is 14.7. The number of allylic oxidation sites excluding steroid dienone is 4. The van der Waals surface area contributed by atoms with Crippen molar-refractivity contribution in [1.29, 1.82) is 0 Å². The highest BCUT2D eigenvalue weighted by Crippen LogP contribution is 2.59. The van der Waals surface area contributed by atoms with E-state index in [0.717, 1.165) is 141 Å². The number of fused-ring (bicyclic) bond motifs is 8. The predicted molar refractivity (Wildman–Crippen MR) is 499 cm³/mol. The van der Waals surface area contributed by atoms with Crippen LogP contribution in [0.4, 0.5) is 0 Å². The fraction of sp³-hybridized carbons (Fsp3) is 0.640. The molecule has 16 atom stereocenters. The van der Waals surface area contributed by atoms with Gasteiger partial charge in [0.2, 0.25) is 11.8 Å². The van der Waals surface area contributed by atoms with Crippen LogP contribution in [0, 0.1) is 70.0 Å². The van der Waals surface area contributed by atoms with Gasteiger partial charge in [0.25, 0.3) is 10.1 Å². The number of amides is 2. The van der Waals surface area contributed by atoms with Gasteiger partial charge in [-0.3, -0.25) is 62.1 Å². The van der Waals surface area contributed by atoms with Crippen LogP contribution in [-0.4, -0.2) is 226 Å². The molecule has 6 aliphatic heterocycles. The molecule has 131 heavy (non-hydrogen) atoms. The van der Waals surface area contributed by atoms with Crippen LogP contribution < -0.4 is 19.6 Å². The number of Topliss-reactive ketones (excluding diaryl/α,β-unsaturated/α-hetero) is 2. The Bertz CT molecular complexity index is 5160. The Labute approximate surface area is 787 Å². The van der Waals surface area contributed by atoms with E-state index in [4.69, 9.17) is 70.3 Å². The van der Waals surface area contributed by atoms with Gasteiger partial charge in [-0.1, -0.05) is 124 Å². The van der Waals surface area contributed by atoms with Crippen LogP contribution >= 0.6 is 39.1 Å². The number of H-pyrrole nitrogens is 1. The minimum Gasteiger partial charge on any atom is -0.491 e. The van der Waals surface area contributed by atoms with Crippen LogP contribution in [0.15, 0.2) is 99.1 Å². The molecule has 2 aromatic heterocycles. The SMILES string of the molecule is C.CC(C)Cc1cc(=O)c2ccc(OCCN3CCOCC3)c(Cl)c2[nH]1.CC(C)Cc1cc(O[C@@H]2C[C@H]3C(=O)C[C@]4(C(=O)O)C[C@H]4/C=C\CCCCC[C@H](CC(=O)OC4C[C@@H]5C[C@@H]5C4)C(=O)N3C2)c2ccc(OCCN3CCOCC3)c(Cl)c2n1.COC(=O)[C@]12CC(=O)[C@@H]3C[C@H](OS(=O)(=O)c4ccc(Br)cc4)CN3C(=O)[C@@H](CC(=O)OC3C[C@@H]4C[C@@H]4C3)CCCCC/C=C\[C@@H]1C2. The van der Waals surface area contributed by atoms with E-state index in [1.54, 1.807) is 35.2 Å². The highest BCUT2D eigenvalue weighted by Gasteiger charge is 2.63. The third kappa shape index (κ3) is 25.1. The van der Waals surface area contributed by atoms with Gasteiger partial charge in [-0.15, -0.1) is 0 Å². The number of carbonyl (C=O) groups excluding carboxylic acids is 7. The van der Waals surface area contributed by atoms with Gasteiger partial charge in [0.05, 0.1) is 97.9 Å². The van der Waals surface area contributed by atoms with Crippen molar-refractivity contribution in [2.75, 3.05) is 99.1 Å². The molecular formula is C100H131BrCl2N6O21S. The Balaban J connectivity index is 0.000000170. The van der Waals surface area contributed by atoms with Crippen LogP contribution in [0.1, 0.15) is 201 Å². The van der Waals surface area contributed by atoms with Crippen molar-refractivity contribution in [3.05, 3.63) is 121 Å². The number of hydrogen-bond acceptors (Lipinski definition) is 23. The number of nitrogens with zero attached hydrogens (tertiary/aromatic N) is 5. The lowest BCUT2D eigenvalue weighted by molar-refractivity contribution is -0.155. The zero-order valence-electron chi connectivity index (χ0n) is 75.5. The van der Waals surface area contributed by atoms with Gasteiger partial charge in [-0.25, -0.2) is 0 Å². The van der Waals surface area contributed by atoms with E-state index < -0.39 is 75.0 Å². The Morgan fingerprint density at radius 2 is 1.09 bits per heavy atom. The maximum atomic E-state index is 14.7. The number of nitrogens with one attached hydrogen (secondary N) is 1. The van der Waals surface area contributed by atoms with Crippen molar-refractivity contribution >= 4 is 118 Å². The summed E-state index contributed by atoms with van der Waals surface area (Å²) in [5, 5.41) is 12.5. The number of ether oxygens (including phenoxy) is 8. The van der Waals surface area contributed by atoms with E-state index in [2.05, 4.69) is 58.4 Å². The molecular weight excluding hydrogens is 1800 g/mol. The van der Waals surface area contributed by atoms with Gasteiger partial charge in [0.1, 0.15) is 58.8 Å². The number of benzene rings is 3. The summed E-state index contributed by atoms with van der Waals surface area (Å²) in [6.07, 6.45) is 21.8. The largest absolute Gasteiger partial charge is 0.491 e. The molecule has 6 aliphatic carbocycles. The lowest BCUT2D eigenvalue weighted by Gasteiger charge is -2.29. The Morgan fingerprint density at radius 3 is 1.62 bits per heavy atom. The normalized spacial score (nSPS) is 29.7. The average molecular weight is 1940 g/mol. The lowest BCUT2D eigenvalue weighted by Crippen LogP contribution is -2.45. The summed E-state index contributed by atoms with van der Waals surface area (Å²) in [7, 11) is -2.90. The van der Waals surface area contributed by atoms with E-state index in [1.807, 2.05) is 42.5 Å². The molecule has 2 unspecified atom stereocenters. The molecule has 17 rings (SSSR count). The molecule has 8 heterocycles. The predicted octanol–water partition coefficient (Wildman–Crippen LogP) is 15.9. The minimum absolute atomic E-state index is 0. The van der Waals surface area contributed by atoms with Crippen molar-refractivity contribution < 1.29 is 94.0 Å². The van der Waals surface area contributed by atoms with Crippen molar-refractivity contribution in [2.24, 2.45) is 70.0 Å². The van der Waals surface area contributed by atoms with Gasteiger partial charge < -0.3 is 57.8 Å². The summed E-state index contributed by atoms with van der Waals surface area (Å²) < 4.78 is 79.2. The molecule has 0 bridgehead atoms. The van der Waals surface area contributed by atoms with Crippen molar-refractivity contribution in [3.63, 3.8) is 0 Å². The molecule has 4 saturated heterocycles. The van der Waals surface area contributed by atoms with Gasteiger partial charge in [0, 0.05) is 122 Å². The topological polar surface area (TPSA) is 333 Å². The zero-order chi connectivity index (χ0) is 91.7. The summed E-state index contributed by atoms with van der Waals surface area (Å²) in [4.78, 5) is 138. The number of hydrogen-bond donors (Lipinski definition) is 2. The summed E-state index contributed by atoms with van der Waals surface area (Å²) in [5.41, 5.74) is 0.713. The van der Waals surface area contributed by atoms with E-state index in [9.17, 15) is 56.7 Å². The third-order valence-corrected chi connectivity index (χ3v) is 31.2. The molecule has 5 aromatic rings. The number of halogens is 3. The first-order valence-electron chi connectivity index (χ1n) is 47.4. The number of rotatable bonds is 25. The second-order valence-electron chi connectivity index (χ2n) is 39.1. The number of morpholine rings is 2. The smallest absolute Gasteiger partial charge is 0.312 e. The molecule has 2 amide bonds. The number of pyridine rings is 2. The van der Waals surface area contributed by atoms with Crippen LogP contribution in [-0.2, 0) is 89.2 Å². The zero-order valence-corrected chi connectivity index (χ0v) is 79.4. The maximum Gasteiger partial charge on any atom is 0.312 e. The second kappa shape index (κ2) is 44.3. The van der Waals surface area contributed by atoms with Crippen LogP contribution in [0.3, 0.4) is 0 Å². The summed E-state index contributed by atoms with van der Waals surface area (Å²) in [5.74, 6) is -0.203. The third-order valence-electron chi connectivity index (χ3n) is 28.5. The van der Waals surface area contributed by atoms with Crippen LogP contribution in [0.25, 0.3) is 21.8 Å². The number of ketones is 2. The first-order chi connectivity index (χ1) is 62.5. The van der Waals surface area contributed by atoms with Gasteiger partial charge in [-0.2, -0.15) is 8.42 Å². The number of carbonyl (C=O) groups is 8.